The van der Waals surface area contributed by atoms with Crippen molar-refractivity contribution >= 4 is 23.3 Å². The molecule has 1 fully saturated rings. The molecular weight excluding hydrogens is 536 g/mol. The number of benzene rings is 2. The second-order valence-corrected chi connectivity index (χ2v) is 13.6. The average molecular weight is 589 g/mol. The molecule has 0 saturated heterocycles. The summed E-state index contributed by atoms with van der Waals surface area (Å²) in [5.41, 5.74) is 4.89. The highest BCUT2D eigenvalue weighted by Gasteiger charge is 2.37. The van der Waals surface area contributed by atoms with Gasteiger partial charge in [-0.1, -0.05) is 74.5 Å². The van der Waals surface area contributed by atoms with Gasteiger partial charge in [0.25, 0.3) is 0 Å². The number of carbonyl (C=O) groups is 2. The van der Waals surface area contributed by atoms with Crippen LogP contribution in [0, 0.1) is 23.7 Å². The van der Waals surface area contributed by atoms with Gasteiger partial charge in [0.2, 0.25) is 0 Å². The Hall–Kier alpha value is -3.54. The summed E-state index contributed by atoms with van der Waals surface area (Å²) in [7, 11) is 0. The van der Waals surface area contributed by atoms with Crippen LogP contribution >= 0.6 is 0 Å². The van der Waals surface area contributed by atoms with Gasteiger partial charge >= 0.3 is 12.2 Å². The van der Waals surface area contributed by atoms with Crippen molar-refractivity contribution in [1.29, 1.82) is 0 Å². The minimum Gasteiger partial charge on any atom is -0.449 e. The normalized spacial score (nSPS) is 19.3. The Morgan fingerprint density at radius 2 is 1.35 bits per heavy atom. The first kappa shape index (κ1) is 34.0. The standard InChI is InChI=1S/C37H52N2O4/c1-11-28(23-43-35(41)39-37(9,10)32-17-13-15-30(21-32)25(4)5)33-19-27(18-26(33)6)22-42-34(40)38-36(7,8)31-16-12-14-29(20-31)24(2)3/h12-17,20-21,26-28,33H,2,4,11,18-19,22-23H2,1,3,5-10H3,(H,38,40)(H,39,41). The van der Waals surface area contributed by atoms with Crippen molar-refractivity contribution in [1.82, 2.24) is 10.6 Å². The highest BCUT2D eigenvalue weighted by Crippen LogP contribution is 2.42. The number of ether oxygens (including phenoxy) is 2. The van der Waals surface area contributed by atoms with Crippen LogP contribution in [0.5, 0.6) is 0 Å². The number of carbonyl (C=O) groups excluding carboxylic acids is 2. The third-order valence-corrected chi connectivity index (χ3v) is 9.03. The molecule has 0 radical (unpaired) electrons. The summed E-state index contributed by atoms with van der Waals surface area (Å²) >= 11 is 0. The molecule has 2 aromatic rings. The molecule has 2 amide bonds. The zero-order valence-corrected chi connectivity index (χ0v) is 27.5. The van der Waals surface area contributed by atoms with Crippen LogP contribution in [0.4, 0.5) is 9.59 Å². The van der Waals surface area contributed by atoms with Crippen LogP contribution in [-0.4, -0.2) is 25.4 Å². The van der Waals surface area contributed by atoms with E-state index in [9.17, 15) is 9.59 Å². The summed E-state index contributed by atoms with van der Waals surface area (Å²) in [4.78, 5) is 25.6. The first-order chi connectivity index (χ1) is 20.1. The SMILES string of the molecule is C=C(C)c1cccc(C(C)(C)NC(=O)OCC2CC(C)C(C(CC)COC(=O)NC(C)(C)c3cccc(C(=C)C)c3)C2)c1. The summed E-state index contributed by atoms with van der Waals surface area (Å²) in [5.74, 6) is 1.38. The van der Waals surface area contributed by atoms with Gasteiger partial charge in [-0.05, 0) is 119 Å². The molecule has 1 saturated carbocycles. The van der Waals surface area contributed by atoms with E-state index >= 15 is 0 Å². The van der Waals surface area contributed by atoms with Crippen molar-refractivity contribution in [3.8, 4) is 0 Å². The summed E-state index contributed by atoms with van der Waals surface area (Å²) in [6, 6.07) is 16.1. The molecule has 4 unspecified atom stereocenters. The van der Waals surface area contributed by atoms with E-state index in [0.29, 0.717) is 25.0 Å². The van der Waals surface area contributed by atoms with E-state index in [0.717, 1.165) is 52.7 Å². The fourth-order valence-electron chi connectivity index (χ4n) is 6.20. The fourth-order valence-corrected chi connectivity index (χ4v) is 6.20. The molecule has 3 rings (SSSR count). The zero-order valence-electron chi connectivity index (χ0n) is 27.5. The molecule has 1 aliphatic rings. The van der Waals surface area contributed by atoms with Crippen molar-refractivity contribution in [3.05, 3.63) is 83.9 Å². The maximum atomic E-state index is 12.9. The number of nitrogens with one attached hydrogen (secondary N) is 2. The van der Waals surface area contributed by atoms with E-state index in [1.54, 1.807) is 0 Å². The van der Waals surface area contributed by atoms with Crippen molar-refractivity contribution in [2.24, 2.45) is 23.7 Å². The molecule has 43 heavy (non-hydrogen) atoms. The van der Waals surface area contributed by atoms with E-state index in [-0.39, 0.29) is 11.8 Å². The second-order valence-electron chi connectivity index (χ2n) is 13.6. The van der Waals surface area contributed by atoms with Gasteiger partial charge in [-0.2, -0.15) is 0 Å². The lowest BCUT2D eigenvalue weighted by atomic mass is 9.83. The average Bonchev–Trinajstić information content (AvgIpc) is 3.32. The van der Waals surface area contributed by atoms with Crippen molar-refractivity contribution in [2.45, 2.75) is 85.7 Å². The van der Waals surface area contributed by atoms with Crippen LogP contribution < -0.4 is 10.6 Å². The Kier molecular flexibility index (Phi) is 11.3. The number of hydrogen-bond acceptors (Lipinski definition) is 4. The van der Waals surface area contributed by atoms with E-state index in [4.69, 9.17) is 9.47 Å². The fraction of sp³-hybridized carbons (Fsp3) is 0.514. The molecule has 2 N–H and O–H groups in total. The van der Waals surface area contributed by atoms with E-state index in [1.165, 1.54) is 0 Å². The smallest absolute Gasteiger partial charge is 0.407 e. The molecule has 0 aliphatic heterocycles. The molecular formula is C37H52N2O4. The number of rotatable bonds is 12. The summed E-state index contributed by atoms with van der Waals surface area (Å²) in [6.45, 7) is 25.0. The van der Waals surface area contributed by atoms with Crippen LogP contribution in [0.2, 0.25) is 0 Å². The molecule has 0 spiro atoms. The highest BCUT2D eigenvalue weighted by molar-refractivity contribution is 5.70. The molecule has 234 valence electrons. The summed E-state index contributed by atoms with van der Waals surface area (Å²) < 4.78 is 11.5. The van der Waals surface area contributed by atoms with Gasteiger partial charge in [-0.3, -0.25) is 0 Å². The summed E-state index contributed by atoms with van der Waals surface area (Å²) in [5, 5.41) is 6.07. The van der Waals surface area contributed by atoms with Gasteiger partial charge < -0.3 is 20.1 Å². The van der Waals surface area contributed by atoms with Crippen molar-refractivity contribution in [3.63, 3.8) is 0 Å². The molecule has 0 heterocycles. The first-order valence-corrected chi connectivity index (χ1v) is 15.6. The Balaban J connectivity index is 1.50. The predicted octanol–water partition coefficient (Wildman–Crippen LogP) is 9.06. The predicted molar refractivity (Wildman–Crippen MR) is 176 cm³/mol. The quantitative estimate of drug-likeness (QED) is 0.259. The van der Waals surface area contributed by atoms with Gasteiger partial charge in [-0.15, -0.1) is 0 Å². The zero-order chi connectivity index (χ0) is 31.9. The molecule has 0 aromatic heterocycles. The lowest BCUT2D eigenvalue weighted by Crippen LogP contribution is -2.42. The maximum absolute atomic E-state index is 12.9. The van der Waals surface area contributed by atoms with Gasteiger partial charge in [0.15, 0.2) is 0 Å². The Labute approximate surface area is 259 Å². The Bertz CT molecular complexity index is 1310. The lowest BCUT2D eigenvalue weighted by molar-refractivity contribution is 0.0907. The van der Waals surface area contributed by atoms with Crippen LogP contribution in [0.25, 0.3) is 11.1 Å². The highest BCUT2D eigenvalue weighted by atomic mass is 16.6. The van der Waals surface area contributed by atoms with E-state index < -0.39 is 23.3 Å². The van der Waals surface area contributed by atoms with Crippen LogP contribution in [0.15, 0.2) is 61.7 Å². The van der Waals surface area contributed by atoms with E-state index in [1.807, 2.05) is 77.9 Å². The maximum Gasteiger partial charge on any atom is 0.407 e. The minimum atomic E-state index is -0.587. The van der Waals surface area contributed by atoms with Gasteiger partial charge in [0.05, 0.1) is 24.3 Å². The van der Waals surface area contributed by atoms with Crippen LogP contribution in [0.1, 0.15) is 96.9 Å². The molecule has 0 bridgehead atoms. The van der Waals surface area contributed by atoms with Gasteiger partial charge in [0.1, 0.15) is 0 Å². The number of amides is 2. The van der Waals surface area contributed by atoms with Crippen LogP contribution in [0.3, 0.4) is 0 Å². The first-order valence-electron chi connectivity index (χ1n) is 15.6. The van der Waals surface area contributed by atoms with Crippen molar-refractivity contribution in [2.75, 3.05) is 13.2 Å². The Morgan fingerprint density at radius 3 is 1.81 bits per heavy atom. The van der Waals surface area contributed by atoms with E-state index in [2.05, 4.69) is 49.8 Å². The molecule has 1 aliphatic carbocycles. The second kappa shape index (κ2) is 14.3. The lowest BCUT2D eigenvalue weighted by Gasteiger charge is -2.29. The number of hydrogen-bond donors (Lipinski definition) is 2. The molecule has 6 heteroatoms. The number of allylic oxidation sites excluding steroid dienone is 2. The minimum absolute atomic E-state index is 0.244. The molecule has 4 atom stereocenters. The number of alkyl carbamates (subject to hydrolysis) is 2. The third kappa shape index (κ3) is 9.22. The third-order valence-electron chi connectivity index (χ3n) is 9.03. The van der Waals surface area contributed by atoms with Gasteiger partial charge in [-0.25, -0.2) is 9.59 Å². The largest absolute Gasteiger partial charge is 0.449 e. The monoisotopic (exact) mass is 588 g/mol. The van der Waals surface area contributed by atoms with Gasteiger partial charge in [0, 0.05) is 0 Å². The topological polar surface area (TPSA) is 76.7 Å². The molecule has 6 nitrogen and oxygen atoms in total. The van der Waals surface area contributed by atoms with Crippen LogP contribution in [-0.2, 0) is 20.6 Å². The molecule has 2 aromatic carbocycles. The summed E-state index contributed by atoms with van der Waals surface area (Å²) in [6.07, 6.45) is 2.02. The van der Waals surface area contributed by atoms with Crippen molar-refractivity contribution < 1.29 is 19.1 Å². The Morgan fingerprint density at radius 1 is 0.860 bits per heavy atom.